The molecule has 0 aromatic heterocycles. The van der Waals surface area contributed by atoms with E-state index in [9.17, 15) is 9.59 Å². The molecule has 1 heterocycles. The molecule has 3 rings (SSSR count). The highest BCUT2D eigenvalue weighted by molar-refractivity contribution is 7.99. The summed E-state index contributed by atoms with van der Waals surface area (Å²) in [5.74, 6) is 0.627. The molecule has 1 saturated heterocycles. The number of amides is 2. The first-order valence-electron chi connectivity index (χ1n) is 8.18. The largest absolute Gasteiger partial charge is 0.350 e. The highest BCUT2D eigenvalue weighted by atomic mass is 35.5. The summed E-state index contributed by atoms with van der Waals surface area (Å²) in [6, 6.07) is 15.2. The molecule has 2 aromatic rings. The Labute approximate surface area is 166 Å². The number of carbonyl (C=O) groups excluding carboxylic acids is 2. The Morgan fingerprint density at radius 1 is 1.19 bits per heavy atom. The summed E-state index contributed by atoms with van der Waals surface area (Å²) in [6.07, 6.45) is 0.480. The van der Waals surface area contributed by atoms with E-state index in [0.29, 0.717) is 23.0 Å². The number of thioether (sulfide) groups is 1. The second kappa shape index (κ2) is 8.80. The van der Waals surface area contributed by atoms with E-state index in [1.165, 1.54) is 5.56 Å². The highest BCUT2D eigenvalue weighted by Crippen LogP contribution is 2.31. The molecule has 2 aromatic carbocycles. The van der Waals surface area contributed by atoms with Gasteiger partial charge in [0.25, 0.3) is 0 Å². The van der Waals surface area contributed by atoms with Gasteiger partial charge in [-0.15, -0.1) is 11.8 Å². The molecule has 0 aliphatic carbocycles. The Morgan fingerprint density at radius 2 is 1.96 bits per heavy atom. The summed E-state index contributed by atoms with van der Waals surface area (Å²) in [4.78, 5) is 25.6. The van der Waals surface area contributed by atoms with Crippen LogP contribution in [0, 0.1) is 0 Å². The third-order valence-corrected chi connectivity index (χ3v) is 6.00. The van der Waals surface area contributed by atoms with Crippen LogP contribution in [-0.4, -0.2) is 28.6 Å². The molecule has 1 atom stereocenters. The zero-order chi connectivity index (χ0) is 18.5. The van der Waals surface area contributed by atoms with Crippen molar-refractivity contribution in [3.05, 3.63) is 69.7 Å². The van der Waals surface area contributed by atoms with Crippen molar-refractivity contribution >= 4 is 46.8 Å². The van der Waals surface area contributed by atoms with E-state index in [1.807, 2.05) is 18.2 Å². The molecule has 7 heteroatoms. The fourth-order valence-electron chi connectivity index (χ4n) is 2.60. The van der Waals surface area contributed by atoms with Crippen molar-refractivity contribution in [1.29, 1.82) is 0 Å². The maximum Gasteiger partial charge on any atom is 0.239 e. The van der Waals surface area contributed by atoms with E-state index in [2.05, 4.69) is 17.4 Å². The van der Waals surface area contributed by atoms with Gasteiger partial charge in [-0.1, -0.05) is 59.6 Å². The van der Waals surface area contributed by atoms with Gasteiger partial charge in [-0.25, -0.2) is 0 Å². The molecule has 0 saturated carbocycles. The molecule has 1 unspecified atom stereocenters. The van der Waals surface area contributed by atoms with E-state index in [4.69, 9.17) is 23.2 Å². The number of rotatable bonds is 7. The second-order valence-corrected chi connectivity index (χ2v) is 8.00. The van der Waals surface area contributed by atoms with E-state index in [-0.39, 0.29) is 23.7 Å². The molecule has 4 nitrogen and oxygen atoms in total. The molecule has 26 heavy (non-hydrogen) atoms. The third kappa shape index (κ3) is 4.93. The van der Waals surface area contributed by atoms with E-state index in [1.54, 1.807) is 34.9 Å². The minimum Gasteiger partial charge on any atom is -0.350 e. The molecule has 1 aliphatic heterocycles. The molecular weight excluding hydrogens is 391 g/mol. The smallest absolute Gasteiger partial charge is 0.239 e. The summed E-state index contributed by atoms with van der Waals surface area (Å²) in [6.45, 7) is 0.370. The van der Waals surface area contributed by atoms with Crippen LogP contribution in [0.2, 0.25) is 10.0 Å². The Kier molecular flexibility index (Phi) is 6.46. The standard InChI is InChI=1S/C19H18Cl2N2O2S/c20-15-7-6-14(16(21)8-15)10-22-17(24)11-23-18(25)9-19(23)26-12-13-4-2-1-3-5-13/h1-8,19H,9-12H2,(H,22,24). The predicted molar refractivity (Wildman–Crippen MR) is 106 cm³/mol. The van der Waals surface area contributed by atoms with Crippen LogP contribution in [0.25, 0.3) is 0 Å². The van der Waals surface area contributed by atoms with Gasteiger partial charge in [-0.05, 0) is 23.3 Å². The first-order chi connectivity index (χ1) is 12.5. The normalized spacial score (nSPS) is 16.3. The minimum absolute atomic E-state index is 0.00948. The van der Waals surface area contributed by atoms with Crippen molar-refractivity contribution in [2.45, 2.75) is 24.1 Å². The second-order valence-electron chi connectivity index (χ2n) is 5.99. The molecule has 0 radical (unpaired) electrons. The fraction of sp³-hybridized carbons (Fsp3) is 0.263. The third-order valence-electron chi connectivity index (χ3n) is 4.11. The Morgan fingerprint density at radius 3 is 2.65 bits per heavy atom. The maximum atomic E-state index is 12.2. The van der Waals surface area contributed by atoms with Gasteiger partial charge in [0.15, 0.2) is 0 Å². The summed E-state index contributed by atoms with van der Waals surface area (Å²) < 4.78 is 0. The van der Waals surface area contributed by atoms with Crippen LogP contribution in [0.3, 0.4) is 0 Å². The predicted octanol–water partition coefficient (Wildman–Crippen LogP) is 4.10. The summed E-state index contributed by atoms with van der Waals surface area (Å²) in [5.41, 5.74) is 1.99. The zero-order valence-corrected chi connectivity index (χ0v) is 16.3. The van der Waals surface area contributed by atoms with Gasteiger partial charge < -0.3 is 10.2 Å². The number of carbonyl (C=O) groups is 2. The summed E-state index contributed by atoms with van der Waals surface area (Å²) in [5, 5.41) is 3.91. The molecule has 0 bridgehead atoms. The fourth-order valence-corrected chi connectivity index (χ4v) is 4.29. The van der Waals surface area contributed by atoms with Gasteiger partial charge in [-0.2, -0.15) is 0 Å². The average molecular weight is 409 g/mol. The Hall–Kier alpha value is -1.69. The molecule has 136 valence electrons. The monoisotopic (exact) mass is 408 g/mol. The lowest BCUT2D eigenvalue weighted by Crippen LogP contribution is -2.54. The minimum atomic E-state index is -0.200. The van der Waals surface area contributed by atoms with Gasteiger partial charge in [0.2, 0.25) is 11.8 Å². The lowest BCUT2D eigenvalue weighted by atomic mass is 10.2. The number of nitrogens with one attached hydrogen (secondary N) is 1. The van der Waals surface area contributed by atoms with Crippen LogP contribution in [0.1, 0.15) is 17.5 Å². The van der Waals surface area contributed by atoms with Gasteiger partial charge in [0.1, 0.15) is 6.54 Å². The van der Waals surface area contributed by atoms with Gasteiger partial charge in [0, 0.05) is 22.3 Å². The number of likely N-dealkylation sites (tertiary alicyclic amines) is 1. The van der Waals surface area contributed by atoms with Crippen molar-refractivity contribution < 1.29 is 9.59 Å². The van der Waals surface area contributed by atoms with Crippen molar-refractivity contribution in [2.75, 3.05) is 6.54 Å². The summed E-state index contributed by atoms with van der Waals surface area (Å²) >= 11 is 13.6. The number of hydrogen-bond donors (Lipinski definition) is 1. The van der Waals surface area contributed by atoms with Crippen molar-refractivity contribution in [1.82, 2.24) is 10.2 Å². The number of β-lactam (4-membered cyclic amide) rings is 1. The molecule has 0 spiro atoms. The SMILES string of the molecule is O=C(CN1C(=O)CC1SCc1ccccc1)NCc1ccc(Cl)cc1Cl. The Bertz CT molecular complexity index is 801. The molecular formula is C19H18Cl2N2O2S. The van der Waals surface area contributed by atoms with Crippen molar-refractivity contribution in [3.63, 3.8) is 0 Å². The van der Waals surface area contributed by atoms with Crippen LogP contribution in [-0.2, 0) is 21.9 Å². The number of benzene rings is 2. The van der Waals surface area contributed by atoms with Crippen molar-refractivity contribution in [3.8, 4) is 0 Å². The maximum absolute atomic E-state index is 12.2. The summed E-state index contributed by atoms with van der Waals surface area (Å²) in [7, 11) is 0. The molecule has 1 fully saturated rings. The molecule has 1 N–H and O–H groups in total. The lowest BCUT2D eigenvalue weighted by molar-refractivity contribution is -0.145. The Balaban J connectivity index is 1.47. The topological polar surface area (TPSA) is 49.4 Å². The van der Waals surface area contributed by atoms with Crippen LogP contribution in [0.15, 0.2) is 48.5 Å². The highest BCUT2D eigenvalue weighted by Gasteiger charge is 2.37. The van der Waals surface area contributed by atoms with Crippen LogP contribution < -0.4 is 5.32 Å². The lowest BCUT2D eigenvalue weighted by Gasteiger charge is -2.39. The van der Waals surface area contributed by atoms with E-state index < -0.39 is 0 Å². The van der Waals surface area contributed by atoms with Crippen LogP contribution in [0.4, 0.5) is 0 Å². The van der Waals surface area contributed by atoms with Crippen LogP contribution in [0.5, 0.6) is 0 Å². The number of nitrogens with zero attached hydrogens (tertiary/aromatic N) is 1. The van der Waals surface area contributed by atoms with Gasteiger partial charge in [0.05, 0.1) is 11.8 Å². The van der Waals surface area contributed by atoms with Crippen LogP contribution >= 0.6 is 35.0 Å². The van der Waals surface area contributed by atoms with Crippen molar-refractivity contribution in [2.24, 2.45) is 0 Å². The first kappa shape index (κ1) is 19.1. The molecule has 1 aliphatic rings. The van der Waals surface area contributed by atoms with E-state index >= 15 is 0 Å². The zero-order valence-electron chi connectivity index (χ0n) is 14.0. The quantitative estimate of drug-likeness (QED) is 0.701. The van der Waals surface area contributed by atoms with Gasteiger partial charge >= 0.3 is 0 Å². The average Bonchev–Trinajstić information content (AvgIpc) is 2.63. The van der Waals surface area contributed by atoms with E-state index in [0.717, 1.165) is 11.3 Å². The number of hydrogen-bond acceptors (Lipinski definition) is 3. The van der Waals surface area contributed by atoms with Gasteiger partial charge in [-0.3, -0.25) is 9.59 Å². The first-order valence-corrected chi connectivity index (χ1v) is 9.99. The molecule has 2 amide bonds. The number of halogens is 2.